The van der Waals surface area contributed by atoms with Crippen molar-refractivity contribution in [3.8, 4) is 5.75 Å². The van der Waals surface area contributed by atoms with Crippen LogP contribution < -0.4 is 15.4 Å². The molecule has 0 saturated carbocycles. The van der Waals surface area contributed by atoms with Crippen molar-refractivity contribution in [3.63, 3.8) is 0 Å². The van der Waals surface area contributed by atoms with Crippen molar-refractivity contribution in [1.82, 2.24) is 5.32 Å². The van der Waals surface area contributed by atoms with Crippen molar-refractivity contribution >= 4 is 44.9 Å². The van der Waals surface area contributed by atoms with Crippen LogP contribution in [-0.4, -0.2) is 30.8 Å². The number of carbonyl (C=O) groups excluding carboxylic acids is 1. The standard InChI is InChI=1S/C18H19BrN2O3S/c1-2-23-11-12-24-16-10-6-5-9-15(16)20-18(25)21-17(22)13-7-3-4-8-14(13)19/h3-10H,2,11-12H2,1H3,(H2,20,21,22,25). The number of anilines is 1. The van der Waals surface area contributed by atoms with Gasteiger partial charge < -0.3 is 14.8 Å². The van der Waals surface area contributed by atoms with Crippen molar-refractivity contribution in [3.05, 3.63) is 58.6 Å². The molecular formula is C18H19BrN2O3S. The van der Waals surface area contributed by atoms with Gasteiger partial charge in [0, 0.05) is 11.1 Å². The molecule has 0 aliphatic rings. The molecule has 2 N–H and O–H groups in total. The molecule has 0 heterocycles. The van der Waals surface area contributed by atoms with Crippen LogP contribution in [0.2, 0.25) is 0 Å². The van der Waals surface area contributed by atoms with Gasteiger partial charge in [-0.2, -0.15) is 0 Å². The molecule has 1 amide bonds. The second-order valence-corrected chi connectivity index (χ2v) is 6.19. The Morgan fingerprint density at radius 1 is 1.12 bits per heavy atom. The normalized spacial score (nSPS) is 10.2. The van der Waals surface area contributed by atoms with Crippen molar-refractivity contribution in [2.45, 2.75) is 6.92 Å². The molecule has 0 aliphatic heterocycles. The molecule has 0 aliphatic carbocycles. The lowest BCUT2D eigenvalue weighted by Gasteiger charge is -2.14. The lowest BCUT2D eigenvalue weighted by Crippen LogP contribution is -2.34. The number of para-hydroxylation sites is 2. The van der Waals surface area contributed by atoms with Gasteiger partial charge in [0.25, 0.3) is 5.91 Å². The van der Waals surface area contributed by atoms with Gasteiger partial charge in [0.15, 0.2) is 5.11 Å². The number of hydrogen-bond acceptors (Lipinski definition) is 4. The van der Waals surface area contributed by atoms with E-state index in [1.807, 2.05) is 37.3 Å². The van der Waals surface area contributed by atoms with Crippen LogP contribution in [0, 0.1) is 0 Å². The van der Waals surface area contributed by atoms with E-state index in [0.29, 0.717) is 41.3 Å². The van der Waals surface area contributed by atoms with Gasteiger partial charge in [-0.25, -0.2) is 0 Å². The summed E-state index contributed by atoms with van der Waals surface area (Å²) in [6, 6.07) is 14.5. The van der Waals surface area contributed by atoms with Crippen LogP contribution in [0.25, 0.3) is 0 Å². The maximum absolute atomic E-state index is 12.3. The van der Waals surface area contributed by atoms with Crippen molar-refractivity contribution in [2.24, 2.45) is 0 Å². The molecule has 0 atom stereocenters. The monoisotopic (exact) mass is 422 g/mol. The number of halogens is 1. The summed E-state index contributed by atoms with van der Waals surface area (Å²) in [5.74, 6) is 0.347. The minimum atomic E-state index is -0.292. The molecule has 0 saturated heterocycles. The molecule has 2 aromatic rings. The van der Waals surface area contributed by atoms with Crippen LogP contribution in [0.5, 0.6) is 5.75 Å². The Balaban J connectivity index is 1.96. The average Bonchev–Trinajstić information content (AvgIpc) is 2.60. The maximum Gasteiger partial charge on any atom is 0.258 e. The fraction of sp³-hybridized carbons (Fsp3) is 0.222. The lowest BCUT2D eigenvalue weighted by atomic mass is 10.2. The van der Waals surface area contributed by atoms with E-state index in [0.717, 1.165) is 0 Å². The van der Waals surface area contributed by atoms with E-state index in [1.54, 1.807) is 18.2 Å². The summed E-state index contributed by atoms with van der Waals surface area (Å²) < 4.78 is 11.6. The van der Waals surface area contributed by atoms with Crippen molar-refractivity contribution in [1.29, 1.82) is 0 Å². The van der Waals surface area contributed by atoms with Gasteiger partial charge in [-0.3, -0.25) is 10.1 Å². The smallest absolute Gasteiger partial charge is 0.258 e. The molecule has 0 bridgehead atoms. The molecule has 0 unspecified atom stereocenters. The molecule has 0 radical (unpaired) electrons. The number of nitrogens with one attached hydrogen (secondary N) is 2. The Bertz CT molecular complexity index is 740. The first-order chi connectivity index (χ1) is 12.1. The largest absolute Gasteiger partial charge is 0.489 e. The number of rotatable bonds is 7. The summed E-state index contributed by atoms with van der Waals surface area (Å²) in [5, 5.41) is 5.85. The van der Waals surface area contributed by atoms with E-state index >= 15 is 0 Å². The third-order valence-corrected chi connectivity index (χ3v) is 4.07. The zero-order chi connectivity index (χ0) is 18.1. The highest BCUT2D eigenvalue weighted by molar-refractivity contribution is 9.10. The predicted octanol–water partition coefficient (Wildman–Crippen LogP) is 3.99. The molecule has 0 fully saturated rings. The summed E-state index contributed by atoms with van der Waals surface area (Å²) in [5.41, 5.74) is 1.18. The van der Waals surface area contributed by atoms with Gasteiger partial charge in [0.1, 0.15) is 12.4 Å². The van der Waals surface area contributed by atoms with E-state index in [4.69, 9.17) is 21.7 Å². The zero-order valence-corrected chi connectivity index (χ0v) is 16.2. The van der Waals surface area contributed by atoms with E-state index in [1.165, 1.54) is 0 Å². The Morgan fingerprint density at radius 2 is 1.84 bits per heavy atom. The zero-order valence-electron chi connectivity index (χ0n) is 13.8. The van der Waals surface area contributed by atoms with Gasteiger partial charge in [0.2, 0.25) is 0 Å². The Hall–Kier alpha value is -1.96. The minimum Gasteiger partial charge on any atom is -0.489 e. The molecule has 132 valence electrons. The number of ether oxygens (including phenoxy) is 2. The maximum atomic E-state index is 12.3. The summed E-state index contributed by atoms with van der Waals surface area (Å²) in [7, 11) is 0. The second-order valence-electron chi connectivity index (χ2n) is 4.93. The van der Waals surface area contributed by atoms with Crippen molar-refractivity contribution in [2.75, 3.05) is 25.1 Å². The Kier molecular flexibility index (Phi) is 7.84. The van der Waals surface area contributed by atoms with Gasteiger partial charge in [0.05, 0.1) is 17.9 Å². The summed E-state index contributed by atoms with van der Waals surface area (Å²) >= 11 is 8.58. The molecule has 7 heteroatoms. The molecule has 5 nitrogen and oxygen atoms in total. The second kappa shape index (κ2) is 10.1. The molecular weight excluding hydrogens is 404 g/mol. The molecule has 25 heavy (non-hydrogen) atoms. The third-order valence-electron chi connectivity index (χ3n) is 3.17. The Labute approximate surface area is 160 Å². The fourth-order valence-electron chi connectivity index (χ4n) is 2.02. The van der Waals surface area contributed by atoms with E-state index in [2.05, 4.69) is 26.6 Å². The number of thiocarbonyl (C=S) groups is 1. The lowest BCUT2D eigenvalue weighted by molar-refractivity contribution is 0.0977. The van der Waals surface area contributed by atoms with Crippen LogP contribution >= 0.6 is 28.1 Å². The molecule has 2 aromatic carbocycles. The van der Waals surface area contributed by atoms with E-state index < -0.39 is 0 Å². The molecule has 2 rings (SSSR count). The van der Waals surface area contributed by atoms with E-state index in [-0.39, 0.29) is 11.0 Å². The highest BCUT2D eigenvalue weighted by Crippen LogP contribution is 2.23. The topological polar surface area (TPSA) is 59.6 Å². The summed E-state index contributed by atoms with van der Waals surface area (Å²) in [4.78, 5) is 12.3. The van der Waals surface area contributed by atoms with Crippen LogP contribution in [-0.2, 0) is 4.74 Å². The highest BCUT2D eigenvalue weighted by atomic mass is 79.9. The molecule has 0 spiro atoms. The number of carbonyl (C=O) groups is 1. The van der Waals surface area contributed by atoms with Crippen LogP contribution in [0.3, 0.4) is 0 Å². The average molecular weight is 423 g/mol. The molecule has 0 aromatic heterocycles. The first-order valence-corrected chi connectivity index (χ1v) is 8.98. The minimum absolute atomic E-state index is 0.196. The van der Waals surface area contributed by atoms with Crippen LogP contribution in [0.4, 0.5) is 5.69 Å². The summed E-state index contributed by atoms with van der Waals surface area (Å²) in [6.45, 7) is 3.52. The van der Waals surface area contributed by atoms with Gasteiger partial charge in [-0.1, -0.05) is 24.3 Å². The van der Waals surface area contributed by atoms with Crippen molar-refractivity contribution < 1.29 is 14.3 Å². The van der Waals surface area contributed by atoms with E-state index in [9.17, 15) is 4.79 Å². The SMILES string of the molecule is CCOCCOc1ccccc1NC(=S)NC(=O)c1ccccc1Br. The number of benzene rings is 2. The number of amides is 1. The van der Waals surface area contributed by atoms with Crippen LogP contribution in [0.15, 0.2) is 53.0 Å². The number of hydrogen-bond donors (Lipinski definition) is 2. The quantitative estimate of drug-likeness (QED) is 0.521. The highest BCUT2D eigenvalue weighted by Gasteiger charge is 2.12. The first-order valence-electron chi connectivity index (χ1n) is 7.78. The van der Waals surface area contributed by atoms with Gasteiger partial charge >= 0.3 is 0 Å². The first kappa shape index (κ1) is 19.4. The Morgan fingerprint density at radius 3 is 2.60 bits per heavy atom. The summed E-state index contributed by atoms with van der Waals surface area (Å²) in [6.07, 6.45) is 0. The third kappa shape index (κ3) is 6.12. The van der Waals surface area contributed by atoms with Gasteiger partial charge in [-0.05, 0) is 59.3 Å². The van der Waals surface area contributed by atoms with Crippen LogP contribution in [0.1, 0.15) is 17.3 Å². The fourth-order valence-corrected chi connectivity index (χ4v) is 2.69. The van der Waals surface area contributed by atoms with Gasteiger partial charge in [-0.15, -0.1) is 0 Å². The predicted molar refractivity (Wildman–Crippen MR) is 106 cm³/mol.